The Morgan fingerprint density at radius 2 is 1.95 bits per heavy atom. The third-order valence-electron chi connectivity index (χ3n) is 3.52. The van der Waals surface area contributed by atoms with E-state index >= 15 is 0 Å². The molecule has 2 heterocycles. The van der Waals surface area contributed by atoms with Crippen LogP contribution >= 0.6 is 0 Å². The second kappa shape index (κ2) is 6.85. The van der Waals surface area contributed by atoms with Gasteiger partial charge in [-0.3, -0.25) is 4.98 Å². The fourth-order valence-electron chi connectivity index (χ4n) is 2.37. The second-order valence-electron chi connectivity index (χ2n) is 5.03. The highest BCUT2D eigenvalue weighted by molar-refractivity contribution is 5.27. The van der Waals surface area contributed by atoms with Gasteiger partial charge in [0.05, 0.1) is 5.92 Å². The van der Waals surface area contributed by atoms with Crippen molar-refractivity contribution in [3.05, 3.63) is 71.9 Å². The zero-order valence-electron chi connectivity index (χ0n) is 12.4. The van der Waals surface area contributed by atoms with Crippen LogP contribution in [0.3, 0.4) is 0 Å². The highest BCUT2D eigenvalue weighted by Crippen LogP contribution is 2.27. The highest BCUT2D eigenvalue weighted by Gasteiger charge is 2.18. The van der Waals surface area contributed by atoms with E-state index in [-0.39, 0.29) is 5.92 Å². The monoisotopic (exact) mass is 294 g/mol. The molecule has 22 heavy (non-hydrogen) atoms. The zero-order valence-corrected chi connectivity index (χ0v) is 12.4. The van der Waals surface area contributed by atoms with Gasteiger partial charge in [0, 0.05) is 18.9 Å². The van der Waals surface area contributed by atoms with Gasteiger partial charge in [-0.2, -0.15) is 0 Å². The van der Waals surface area contributed by atoms with Crippen LogP contribution < -0.4 is 5.32 Å². The van der Waals surface area contributed by atoms with Crippen molar-refractivity contribution < 1.29 is 4.42 Å². The molecule has 0 spiro atoms. The van der Waals surface area contributed by atoms with Crippen LogP contribution in [0.25, 0.3) is 0 Å². The maximum Gasteiger partial charge on any atom is 0.315 e. The molecule has 5 nitrogen and oxygen atoms in total. The Morgan fingerprint density at radius 1 is 1.09 bits per heavy atom. The highest BCUT2D eigenvalue weighted by atomic mass is 16.4. The first-order valence-corrected chi connectivity index (χ1v) is 7.38. The van der Waals surface area contributed by atoms with Crippen molar-refractivity contribution in [3.8, 4) is 0 Å². The molecule has 0 aliphatic rings. The van der Waals surface area contributed by atoms with Crippen LogP contribution in [0.2, 0.25) is 0 Å². The van der Waals surface area contributed by atoms with Gasteiger partial charge >= 0.3 is 6.01 Å². The van der Waals surface area contributed by atoms with Crippen molar-refractivity contribution in [1.29, 1.82) is 0 Å². The van der Waals surface area contributed by atoms with Crippen molar-refractivity contribution in [2.75, 3.05) is 5.32 Å². The molecule has 3 aromatic rings. The Kier molecular flexibility index (Phi) is 4.44. The summed E-state index contributed by atoms with van der Waals surface area (Å²) in [6.45, 7) is 2.72. The molecular formula is C17H18N4O. The molecule has 2 aromatic heterocycles. The van der Waals surface area contributed by atoms with Gasteiger partial charge in [-0.25, -0.2) is 0 Å². The smallest absolute Gasteiger partial charge is 0.315 e. The number of nitrogens with one attached hydrogen (secondary N) is 1. The summed E-state index contributed by atoms with van der Waals surface area (Å²) in [5.41, 5.74) is 2.25. The van der Waals surface area contributed by atoms with Gasteiger partial charge in [0.25, 0.3) is 0 Å². The van der Waals surface area contributed by atoms with E-state index < -0.39 is 0 Å². The van der Waals surface area contributed by atoms with E-state index in [0.29, 0.717) is 18.5 Å². The van der Waals surface area contributed by atoms with E-state index in [1.54, 1.807) is 6.20 Å². The average molecular weight is 294 g/mol. The zero-order chi connectivity index (χ0) is 15.2. The Hall–Kier alpha value is -2.69. The van der Waals surface area contributed by atoms with E-state index in [1.807, 2.05) is 36.5 Å². The van der Waals surface area contributed by atoms with E-state index in [2.05, 4.69) is 39.6 Å². The lowest BCUT2D eigenvalue weighted by molar-refractivity contribution is 0.473. The maximum atomic E-state index is 5.76. The van der Waals surface area contributed by atoms with Gasteiger partial charge in [0.1, 0.15) is 0 Å². The lowest BCUT2D eigenvalue weighted by atomic mass is 9.97. The van der Waals surface area contributed by atoms with Gasteiger partial charge in [0.15, 0.2) is 0 Å². The first-order valence-electron chi connectivity index (χ1n) is 7.38. The SMILES string of the molecule is CCC(c1ccccc1)c1nnc(NCc2cccnc2)o1. The lowest BCUT2D eigenvalue weighted by Crippen LogP contribution is -2.00. The molecule has 0 bridgehead atoms. The Bertz CT molecular complexity index is 697. The Labute approximate surface area is 129 Å². The molecule has 3 rings (SSSR count). The summed E-state index contributed by atoms with van der Waals surface area (Å²) in [5, 5.41) is 11.4. The fourth-order valence-corrected chi connectivity index (χ4v) is 2.37. The number of pyridine rings is 1. The summed E-state index contributed by atoms with van der Waals surface area (Å²) in [6, 6.07) is 14.6. The molecule has 0 radical (unpaired) electrons. The van der Waals surface area contributed by atoms with Crippen LogP contribution in [-0.4, -0.2) is 15.2 Å². The number of hydrogen-bond acceptors (Lipinski definition) is 5. The number of anilines is 1. The summed E-state index contributed by atoms with van der Waals surface area (Å²) in [7, 11) is 0. The van der Waals surface area contributed by atoms with Crippen LogP contribution in [-0.2, 0) is 6.54 Å². The van der Waals surface area contributed by atoms with Crippen LogP contribution in [0.15, 0.2) is 59.3 Å². The third-order valence-corrected chi connectivity index (χ3v) is 3.52. The minimum atomic E-state index is 0.127. The number of rotatable bonds is 6. The number of aromatic nitrogens is 3. The quantitative estimate of drug-likeness (QED) is 0.752. The molecule has 1 unspecified atom stereocenters. The number of nitrogens with zero attached hydrogens (tertiary/aromatic N) is 3. The van der Waals surface area contributed by atoms with Crippen molar-refractivity contribution >= 4 is 6.01 Å². The third kappa shape index (κ3) is 3.31. The van der Waals surface area contributed by atoms with Gasteiger partial charge in [-0.1, -0.05) is 48.4 Å². The minimum Gasteiger partial charge on any atom is -0.407 e. The molecule has 1 atom stereocenters. The van der Waals surface area contributed by atoms with Crippen molar-refractivity contribution in [2.24, 2.45) is 0 Å². The van der Waals surface area contributed by atoms with Crippen molar-refractivity contribution in [2.45, 2.75) is 25.8 Å². The molecule has 0 aliphatic heterocycles. The Balaban J connectivity index is 1.70. The molecule has 0 amide bonds. The van der Waals surface area contributed by atoms with Crippen LogP contribution in [0.1, 0.15) is 36.3 Å². The van der Waals surface area contributed by atoms with Crippen LogP contribution in [0, 0.1) is 0 Å². The summed E-state index contributed by atoms with van der Waals surface area (Å²) in [5.74, 6) is 0.769. The number of hydrogen-bond donors (Lipinski definition) is 1. The minimum absolute atomic E-state index is 0.127. The summed E-state index contributed by atoms with van der Waals surface area (Å²) in [4.78, 5) is 4.08. The maximum absolute atomic E-state index is 5.76. The number of benzene rings is 1. The molecular weight excluding hydrogens is 276 g/mol. The average Bonchev–Trinajstić information content (AvgIpc) is 3.04. The largest absolute Gasteiger partial charge is 0.407 e. The van der Waals surface area contributed by atoms with E-state index in [1.165, 1.54) is 5.56 Å². The molecule has 112 valence electrons. The molecule has 1 aromatic carbocycles. The van der Waals surface area contributed by atoms with Crippen molar-refractivity contribution in [3.63, 3.8) is 0 Å². The van der Waals surface area contributed by atoms with Gasteiger partial charge < -0.3 is 9.73 Å². The summed E-state index contributed by atoms with van der Waals surface area (Å²) < 4.78 is 5.76. The van der Waals surface area contributed by atoms with Crippen molar-refractivity contribution in [1.82, 2.24) is 15.2 Å². The predicted molar refractivity (Wildman–Crippen MR) is 84.4 cm³/mol. The lowest BCUT2D eigenvalue weighted by Gasteiger charge is -2.10. The normalized spacial score (nSPS) is 12.0. The fraction of sp³-hybridized carbons (Fsp3) is 0.235. The summed E-state index contributed by atoms with van der Waals surface area (Å²) in [6.07, 6.45) is 4.47. The van der Waals surface area contributed by atoms with E-state index in [0.717, 1.165) is 12.0 Å². The van der Waals surface area contributed by atoms with Crippen LogP contribution in [0.5, 0.6) is 0 Å². The molecule has 1 N–H and O–H groups in total. The standard InChI is InChI=1S/C17H18N4O/c1-2-15(14-8-4-3-5-9-14)16-20-21-17(22-16)19-12-13-7-6-10-18-11-13/h3-11,15H,2,12H2,1H3,(H,19,21). The van der Waals surface area contributed by atoms with E-state index in [4.69, 9.17) is 4.42 Å². The first kappa shape index (κ1) is 14.3. The Morgan fingerprint density at radius 3 is 2.68 bits per heavy atom. The van der Waals surface area contributed by atoms with E-state index in [9.17, 15) is 0 Å². The molecule has 0 saturated carbocycles. The molecule has 5 heteroatoms. The van der Waals surface area contributed by atoms with Gasteiger partial charge in [-0.05, 0) is 23.6 Å². The first-order chi connectivity index (χ1) is 10.9. The summed E-state index contributed by atoms with van der Waals surface area (Å²) >= 11 is 0. The molecule has 0 saturated heterocycles. The molecule has 0 fully saturated rings. The van der Waals surface area contributed by atoms with Crippen LogP contribution in [0.4, 0.5) is 6.01 Å². The molecule has 0 aliphatic carbocycles. The van der Waals surface area contributed by atoms with Gasteiger partial charge in [0.2, 0.25) is 5.89 Å². The topological polar surface area (TPSA) is 63.8 Å². The predicted octanol–water partition coefficient (Wildman–Crippen LogP) is 3.62. The van der Waals surface area contributed by atoms with Gasteiger partial charge in [-0.15, -0.1) is 5.10 Å². The second-order valence-corrected chi connectivity index (χ2v) is 5.03.